The number of carbonyl (C=O) groups is 2. The van der Waals surface area contributed by atoms with Crippen LogP contribution in [0.25, 0.3) is 0 Å². The van der Waals surface area contributed by atoms with Crippen molar-refractivity contribution in [3.8, 4) is 0 Å². The number of aromatic nitrogens is 1. The van der Waals surface area contributed by atoms with Gasteiger partial charge in [-0.2, -0.15) is 0 Å². The van der Waals surface area contributed by atoms with Crippen LogP contribution < -0.4 is 5.32 Å². The summed E-state index contributed by atoms with van der Waals surface area (Å²) in [6.07, 6.45) is 1.68. The Morgan fingerprint density at radius 3 is 2.35 bits per heavy atom. The number of hydrogen-bond donors (Lipinski definition) is 1. The predicted octanol–water partition coefficient (Wildman–Crippen LogP) is 2.06. The molecular formula is C15H13N3O2. The van der Waals surface area contributed by atoms with Gasteiger partial charge in [-0.25, -0.2) is 4.98 Å². The number of rotatable bonds is 3. The number of aryl methyl sites for hydroxylation is 1. The average molecular weight is 267 g/mol. The largest absolute Gasteiger partial charge is 0.352 e. The highest BCUT2D eigenvalue weighted by Crippen LogP contribution is 2.22. The summed E-state index contributed by atoms with van der Waals surface area (Å²) in [6.45, 7) is 2.07. The molecule has 1 aliphatic rings. The van der Waals surface area contributed by atoms with Crippen LogP contribution in [0.5, 0.6) is 0 Å². The summed E-state index contributed by atoms with van der Waals surface area (Å²) in [4.78, 5) is 29.6. The maximum absolute atomic E-state index is 12.1. The van der Waals surface area contributed by atoms with Crippen molar-refractivity contribution in [3.05, 3.63) is 59.3 Å². The van der Waals surface area contributed by atoms with Gasteiger partial charge in [-0.3, -0.25) is 14.5 Å². The van der Waals surface area contributed by atoms with Gasteiger partial charge < -0.3 is 5.32 Å². The van der Waals surface area contributed by atoms with E-state index in [0.717, 1.165) is 5.56 Å². The van der Waals surface area contributed by atoms with Crippen molar-refractivity contribution in [3.63, 3.8) is 0 Å². The van der Waals surface area contributed by atoms with Gasteiger partial charge >= 0.3 is 0 Å². The molecule has 2 amide bonds. The third kappa shape index (κ3) is 2.03. The first kappa shape index (κ1) is 12.3. The van der Waals surface area contributed by atoms with E-state index in [0.29, 0.717) is 16.9 Å². The summed E-state index contributed by atoms with van der Waals surface area (Å²) in [5.74, 6) is 0.0954. The maximum Gasteiger partial charge on any atom is 0.263 e. The monoisotopic (exact) mass is 267 g/mol. The number of fused-ring (bicyclic) bond motifs is 1. The standard InChI is InChI=1S/C15H13N3O2/c1-10-6-7-16-13(8-10)17-9-18-14(19)11-4-2-3-5-12(11)15(18)20/h2-8H,9H2,1H3,(H,16,17). The van der Waals surface area contributed by atoms with E-state index < -0.39 is 0 Å². The van der Waals surface area contributed by atoms with Gasteiger partial charge in [0.1, 0.15) is 5.82 Å². The molecule has 0 bridgehead atoms. The fraction of sp³-hybridized carbons (Fsp3) is 0.133. The zero-order chi connectivity index (χ0) is 14.1. The second-order valence-corrected chi connectivity index (χ2v) is 4.64. The molecule has 0 aliphatic carbocycles. The van der Waals surface area contributed by atoms with Crippen molar-refractivity contribution in [1.82, 2.24) is 9.88 Å². The van der Waals surface area contributed by atoms with E-state index in [1.54, 1.807) is 30.5 Å². The van der Waals surface area contributed by atoms with Crippen LogP contribution in [0.1, 0.15) is 26.3 Å². The van der Waals surface area contributed by atoms with E-state index in [9.17, 15) is 9.59 Å². The lowest BCUT2D eigenvalue weighted by Crippen LogP contribution is -2.34. The highest BCUT2D eigenvalue weighted by molar-refractivity contribution is 6.21. The molecule has 1 aliphatic heterocycles. The first-order valence-electron chi connectivity index (χ1n) is 6.28. The van der Waals surface area contributed by atoms with Gasteiger partial charge in [0.25, 0.3) is 11.8 Å². The van der Waals surface area contributed by atoms with E-state index in [2.05, 4.69) is 10.3 Å². The number of nitrogens with one attached hydrogen (secondary N) is 1. The zero-order valence-electron chi connectivity index (χ0n) is 11.0. The lowest BCUT2D eigenvalue weighted by atomic mass is 10.1. The Kier molecular flexibility index (Phi) is 2.95. The Morgan fingerprint density at radius 1 is 1.10 bits per heavy atom. The number of carbonyl (C=O) groups excluding carboxylic acids is 2. The molecule has 3 rings (SSSR count). The van der Waals surface area contributed by atoms with Crippen LogP contribution in [0.3, 0.4) is 0 Å². The van der Waals surface area contributed by atoms with Crippen molar-refractivity contribution < 1.29 is 9.59 Å². The summed E-state index contributed by atoms with van der Waals surface area (Å²) in [7, 11) is 0. The Balaban J connectivity index is 1.77. The minimum atomic E-state index is -0.272. The van der Waals surface area contributed by atoms with Crippen molar-refractivity contribution in [2.75, 3.05) is 12.0 Å². The molecule has 20 heavy (non-hydrogen) atoms. The third-order valence-electron chi connectivity index (χ3n) is 3.21. The van der Waals surface area contributed by atoms with Crippen LogP contribution in [0, 0.1) is 6.92 Å². The molecular weight excluding hydrogens is 254 g/mol. The van der Waals surface area contributed by atoms with Crippen molar-refractivity contribution in [1.29, 1.82) is 0 Å². The van der Waals surface area contributed by atoms with Gasteiger partial charge in [-0.15, -0.1) is 0 Å². The molecule has 0 radical (unpaired) electrons. The van der Waals surface area contributed by atoms with Crippen molar-refractivity contribution >= 4 is 17.6 Å². The number of amides is 2. The SMILES string of the molecule is Cc1ccnc(NCN2C(=O)c3ccccc3C2=O)c1. The molecule has 0 saturated heterocycles. The second kappa shape index (κ2) is 4.77. The number of imide groups is 1. The van der Waals surface area contributed by atoms with Crippen LogP contribution in [-0.2, 0) is 0 Å². The molecule has 0 atom stereocenters. The molecule has 0 fully saturated rings. The third-order valence-corrected chi connectivity index (χ3v) is 3.21. The molecule has 0 saturated carbocycles. The summed E-state index contributed by atoms with van der Waals surface area (Å²) < 4.78 is 0. The van der Waals surface area contributed by atoms with Crippen LogP contribution in [-0.4, -0.2) is 28.4 Å². The van der Waals surface area contributed by atoms with E-state index in [1.807, 2.05) is 19.1 Å². The lowest BCUT2D eigenvalue weighted by molar-refractivity contribution is 0.0665. The predicted molar refractivity (Wildman–Crippen MR) is 74.4 cm³/mol. The molecule has 100 valence electrons. The molecule has 0 spiro atoms. The van der Waals surface area contributed by atoms with E-state index in [-0.39, 0.29) is 18.5 Å². The zero-order valence-corrected chi connectivity index (χ0v) is 11.0. The van der Waals surface area contributed by atoms with Crippen molar-refractivity contribution in [2.24, 2.45) is 0 Å². The van der Waals surface area contributed by atoms with Crippen LogP contribution >= 0.6 is 0 Å². The van der Waals surface area contributed by atoms with Crippen LogP contribution in [0.15, 0.2) is 42.6 Å². The molecule has 5 nitrogen and oxygen atoms in total. The quantitative estimate of drug-likeness (QED) is 0.865. The van der Waals surface area contributed by atoms with E-state index in [4.69, 9.17) is 0 Å². The van der Waals surface area contributed by atoms with Gasteiger partial charge in [0.2, 0.25) is 0 Å². The van der Waals surface area contributed by atoms with E-state index >= 15 is 0 Å². The fourth-order valence-electron chi connectivity index (χ4n) is 2.18. The Hall–Kier alpha value is -2.69. The van der Waals surface area contributed by atoms with Gasteiger partial charge in [0.15, 0.2) is 0 Å². The molecule has 0 unspecified atom stereocenters. The maximum atomic E-state index is 12.1. The minimum Gasteiger partial charge on any atom is -0.352 e. The van der Waals surface area contributed by atoms with Crippen molar-refractivity contribution in [2.45, 2.75) is 6.92 Å². The van der Waals surface area contributed by atoms with Crippen LogP contribution in [0.4, 0.5) is 5.82 Å². The topological polar surface area (TPSA) is 62.3 Å². The number of pyridine rings is 1. The number of anilines is 1. The molecule has 1 N–H and O–H groups in total. The molecule has 2 heterocycles. The van der Waals surface area contributed by atoms with Gasteiger partial charge in [0, 0.05) is 6.20 Å². The highest BCUT2D eigenvalue weighted by atomic mass is 16.2. The summed E-state index contributed by atoms with van der Waals surface area (Å²) in [5.41, 5.74) is 1.97. The average Bonchev–Trinajstić information content (AvgIpc) is 2.70. The number of hydrogen-bond acceptors (Lipinski definition) is 4. The normalized spacial score (nSPS) is 13.6. The molecule has 5 heteroatoms. The van der Waals surface area contributed by atoms with Crippen LogP contribution in [0.2, 0.25) is 0 Å². The Morgan fingerprint density at radius 2 is 1.75 bits per heavy atom. The number of nitrogens with zero attached hydrogens (tertiary/aromatic N) is 2. The minimum absolute atomic E-state index is 0.114. The Labute approximate surface area is 116 Å². The molecule has 1 aromatic heterocycles. The second-order valence-electron chi connectivity index (χ2n) is 4.64. The fourth-order valence-corrected chi connectivity index (χ4v) is 2.18. The first-order chi connectivity index (χ1) is 9.66. The highest BCUT2D eigenvalue weighted by Gasteiger charge is 2.34. The smallest absolute Gasteiger partial charge is 0.263 e. The lowest BCUT2D eigenvalue weighted by Gasteiger charge is -2.15. The summed E-state index contributed by atoms with van der Waals surface area (Å²) in [5, 5.41) is 3.00. The summed E-state index contributed by atoms with van der Waals surface area (Å²) in [6, 6.07) is 10.6. The summed E-state index contributed by atoms with van der Waals surface area (Å²) >= 11 is 0. The molecule has 1 aromatic carbocycles. The van der Waals surface area contributed by atoms with Gasteiger partial charge in [-0.1, -0.05) is 12.1 Å². The van der Waals surface area contributed by atoms with E-state index in [1.165, 1.54) is 4.90 Å². The Bertz CT molecular complexity index is 662. The number of benzene rings is 1. The van der Waals surface area contributed by atoms with Gasteiger partial charge in [0.05, 0.1) is 17.8 Å². The van der Waals surface area contributed by atoms with Gasteiger partial charge in [-0.05, 0) is 36.8 Å². The molecule has 2 aromatic rings. The first-order valence-corrected chi connectivity index (χ1v) is 6.28.